The summed E-state index contributed by atoms with van der Waals surface area (Å²) in [6, 6.07) is 7.32. The second kappa shape index (κ2) is 6.83. The van der Waals surface area contributed by atoms with E-state index < -0.39 is 11.0 Å². The van der Waals surface area contributed by atoms with Crippen molar-refractivity contribution in [2.45, 2.75) is 31.8 Å². The molecule has 3 nitrogen and oxygen atoms in total. The third-order valence-corrected chi connectivity index (χ3v) is 4.44. The van der Waals surface area contributed by atoms with Gasteiger partial charge in [-0.25, -0.2) is 0 Å². The lowest BCUT2D eigenvalue weighted by molar-refractivity contribution is -0.126. The molecule has 0 saturated heterocycles. The van der Waals surface area contributed by atoms with Gasteiger partial charge < -0.3 is 10.4 Å². The molecule has 2 N–H and O–H groups in total. The minimum Gasteiger partial charge on any atom is -0.387 e. The number of hydrogen-bond donors (Lipinski definition) is 2. The quantitative estimate of drug-likeness (QED) is 0.848. The highest BCUT2D eigenvalue weighted by molar-refractivity contribution is 7.98. The number of amides is 1. The second-order valence-corrected chi connectivity index (χ2v) is 6.99. The molecule has 0 aliphatic carbocycles. The van der Waals surface area contributed by atoms with E-state index in [2.05, 4.69) is 5.32 Å². The number of benzene rings is 1. The van der Waals surface area contributed by atoms with Crippen LogP contribution in [0.1, 0.15) is 26.3 Å². The van der Waals surface area contributed by atoms with Crippen molar-refractivity contribution >= 4 is 29.3 Å². The summed E-state index contributed by atoms with van der Waals surface area (Å²) < 4.78 is 0. The maximum absolute atomic E-state index is 12.4. The van der Waals surface area contributed by atoms with Crippen molar-refractivity contribution < 1.29 is 9.90 Å². The summed E-state index contributed by atoms with van der Waals surface area (Å²) in [6.07, 6.45) is 1.92. The average Bonchev–Trinajstić information content (AvgIpc) is 2.36. The molecule has 1 atom stereocenters. The number of thioether (sulfide) groups is 1. The molecule has 0 aliphatic rings. The molecule has 0 spiro atoms. The number of rotatable bonds is 6. The predicted octanol–water partition coefficient (Wildman–Crippen LogP) is 2.85. The standard InChI is InChI=1S/C15H22ClNO2S/c1-14(2,11-7-5-6-8-12(11)16)13(18)17-9-15(3,19)10-20-4/h5-8,19H,9-10H2,1-4H3,(H,17,18). The maximum Gasteiger partial charge on any atom is 0.230 e. The fourth-order valence-corrected chi connectivity index (χ4v) is 3.04. The molecule has 1 aromatic rings. The van der Waals surface area contributed by atoms with Gasteiger partial charge in [0.1, 0.15) is 0 Å². The number of halogens is 1. The molecule has 0 aromatic heterocycles. The van der Waals surface area contributed by atoms with Crippen LogP contribution >= 0.6 is 23.4 Å². The smallest absolute Gasteiger partial charge is 0.230 e. The Morgan fingerprint density at radius 3 is 2.50 bits per heavy atom. The van der Waals surface area contributed by atoms with Gasteiger partial charge in [-0.05, 0) is 38.7 Å². The Labute approximate surface area is 130 Å². The molecule has 1 aromatic carbocycles. The van der Waals surface area contributed by atoms with E-state index in [-0.39, 0.29) is 12.5 Å². The molecule has 0 aliphatic heterocycles. The third kappa shape index (κ3) is 4.40. The van der Waals surface area contributed by atoms with Gasteiger partial charge in [-0.15, -0.1) is 0 Å². The molecule has 1 rings (SSSR count). The van der Waals surface area contributed by atoms with E-state index in [0.717, 1.165) is 5.56 Å². The first kappa shape index (κ1) is 17.3. The van der Waals surface area contributed by atoms with Crippen LogP contribution in [0.3, 0.4) is 0 Å². The molecule has 0 bridgehead atoms. The van der Waals surface area contributed by atoms with Crippen molar-refractivity contribution in [1.82, 2.24) is 5.32 Å². The van der Waals surface area contributed by atoms with Gasteiger partial charge in [-0.3, -0.25) is 4.79 Å². The van der Waals surface area contributed by atoms with Crippen LogP contribution < -0.4 is 5.32 Å². The van der Waals surface area contributed by atoms with E-state index in [1.165, 1.54) is 0 Å². The van der Waals surface area contributed by atoms with Crippen LogP contribution in [-0.2, 0) is 10.2 Å². The highest BCUT2D eigenvalue weighted by atomic mass is 35.5. The summed E-state index contributed by atoms with van der Waals surface area (Å²) in [5, 5.41) is 13.5. The first-order valence-corrected chi connectivity index (χ1v) is 8.22. The molecule has 1 unspecified atom stereocenters. The molecule has 20 heavy (non-hydrogen) atoms. The van der Waals surface area contributed by atoms with E-state index in [1.807, 2.05) is 38.3 Å². The summed E-state index contributed by atoms with van der Waals surface area (Å²) in [4.78, 5) is 12.4. The van der Waals surface area contributed by atoms with Crippen LogP contribution in [0.5, 0.6) is 0 Å². The molecule has 0 heterocycles. The van der Waals surface area contributed by atoms with Gasteiger partial charge in [0.2, 0.25) is 5.91 Å². The lowest BCUT2D eigenvalue weighted by atomic mass is 9.83. The van der Waals surface area contributed by atoms with Crippen molar-refractivity contribution in [2.24, 2.45) is 0 Å². The van der Waals surface area contributed by atoms with E-state index in [4.69, 9.17) is 11.6 Å². The van der Waals surface area contributed by atoms with Gasteiger partial charge in [-0.2, -0.15) is 11.8 Å². The zero-order chi connectivity index (χ0) is 15.4. The van der Waals surface area contributed by atoms with Gasteiger partial charge in [0, 0.05) is 17.3 Å². The third-order valence-electron chi connectivity index (χ3n) is 3.20. The second-order valence-electron chi connectivity index (χ2n) is 5.72. The van der Waals surface area contributed by atoms with Gasteiger partial charge in [-0.1, -0.05) is 29.8 Å². The molecular formula is C15H22ClNO2S. The normalized spacial score (nSPS) is 14.7. The Morgan fingerprint density at radius 2 is 1.95 bits per heavy atom. The summed E-state index contributed by atoms with van der Waals surface area (Å²) in [5.41, 5.74) is -0.872. The highest BCUT2D eigenvalue weighted by Gasteiger charge is 2.32. The Kier molecular flexibility index (Phi) is 5.92. The van der Waals surface area contributed by atoms with E-state index in [9.17, 15) is 9.90 Å². The number of aliphatic hydroxyl groups is 1. The summed E-state index contributed by atoms with van der Waals surface area (Å²) >= 11 is 7.70. The van der Waals surface area contributed by atoms with E-state index >= 15 is 0 Å². The molecule has 0 radical (unpaired) electrons. The highest BCUT2D eigenvalue weighted by Crippen LogP contribution is 2.29. The molecule has 0 saturated carbocycles. The number of nitrogens with one attached hydrogen (secondary N) is 1. The molecule has 5 heteroatoms. The van der Waals surface area contributed by atoms with Crippen LogP contribution in [0.4, 0.5) is 0 Å². The van der Waals surface area contributed by atoms with Crippen LogP contribution in [0.2, 0.25) is 5.02 Å². The Balaban J connectivity index is 2.79. The van der Waals surface area contributed by atoms with Crippen molar-refractivity contribution in [2.75, 3.05) is 18.6 Å². The maximum atomic E-state index is 12.4. The van der Waals surface area contributed by atoms with E-state index in [1.54, 1.807) is 24.8 Å². The van der Waals surface area contributed by atoms with Crippen molar-refractivity contribution in [3.05, 3.63) is 34.9 Å². The Hall–Kier alpha value is -0.710. The van der Waals surface area contributed by atoms with Crippen LogP contribution in [-0.4, -0.2) is 35.2 Å². The van der Waals surface area contributed by atoms with Crippen molar-refractivity contribution in [1.29, 1.82) is 0 Å². The number of hydrogen-bond acceptors (Lipinski definition) is 3. The lowest BCUT2D eigenvalue weighted by Gasteiger charge is -2.28. The van der Waals surface area contributed by atoms with Gasteiger partial charge in [0.15, 0.2) is 0 Å². The minimum absolute atomic E-state index is 0.146. The van der Waals surface area contributed by atoms with Crippen LogP contribution in [0, 0.1) is 0 Å². The topological polar surface area (TPSA) is 49.3 Å². The predicted molar refractivity (Wildman–Crippen MR) is 86.5 cm³/mol. The first-order chi connectivity index (χ1) is 9.20. The fraction of sp³-hybridized carbons (Fsp3) is 0.533. The minimum atomic E-state index is -0.911. The summed E-state index contributed by atoms with van der Waals surface area (Å²) in [6.45, 7) is 5.59. The van der Waals surface area contributed by atoms with Crippen molar-refractivity contribution in [3.8, 4) is 0 Å². The van der Waals surface area contributed by atoms with E-state index in [0.29, 0.717) is 10.8 Å². The number of carbonyl (C=O) groups is 1. The zero-order valence-electron chi connectivity index (χ0n) is 12.4. The monoisotopic (exact) mass is 315 g/mol. The average molecular weight is 316 g/mol. The SMILES string of the molecule is CSCC(C)(O)CNC(=O)C(C)(C)c1ccccc1Cl. The molecule has 112 valence electrons. The van der Waals surface area contributed by atoms with Gasteiger partial charge in [0.05, 0.1) is 11.0 Å². The lowest BCUT2D eigenvalue weighted by Crippen LogP contribution is -2.48. The largest absolute Gasteiger partial charge is 0.387 e. The molecule has 0 fully saturated rings. The summed E-state index contributed by atoms with van der Waals surface area (Å²) in [7, 11) is 0. The molecule has 1 amide bonds. The van der Waals surface area contributed by atoms with Gasteiger partial charge >= 0.3 is 0 Å². The van der Waals surface area contributed by atoms with Crippen LogP contribution in [0.25, 0.3) is 0 Å². The Morgan fingerprint density at radius 1 is 1.35 bits per heavy atom. The van der Waals surface area contributed by atoms with Gasteiger partial charge in [0.25, 0.3) is 0 Å². The summed E-state index contributed by atoms with van der Waals surface area (Å²) in [5.74, 6) is 0.423. The fourth-order valence-electron chi connectivity index (χ4n) is 1.94. The number of carbonyl (C=O) groups excluding carboxylic acids is 1. The molecular weight excluding hydrogens is 294 g/mol. The first-order valence-electron chi connectivity index (χ1n) is 6.45. The van der Waals surface area contributed by atoms with Crippen LogP contribution in [0.15, 0.2) is 24.3 Å². The Bertz CT molecular complexity index is 475. The zero-order valence-corrected chi connectivity index (χ0v) is 13.9. The van der Waals surface area contributed by atoms with Crippen molar-refractivity contribution in [3.63, 3.8) is 0 Å².